The molecule has 2 amide bonds. The molecule has 0 saturated heterocycles. The zero-order valence-corrected chi connectivity index (χ0v) is 13.1. The standard InChI is InChI=1S/C18H18N2O3/c1-11-6-3-4-7-13(11)10-19-18(22)14-8-5-9-15-16(14)23-12(2)17(21)20-15/h3-9,12H,10H2,1-2H3,(H,19,22)(H,20,21). The first-order valence-electron chi connectivity index (χ1n) is 7.49. The molecule has 23 heavy (non-hydrogen) atoms. The van der Waals surface area contributed by atoms with Gasteiger partial charge < -0.3 is 15.4 Å². The Morgan fingerprint density at radius 1 is 1.22 bits per heavy atom. The van der Waals surface area contributed by atoms with Gasteiger partial charge in [-0.2, -0.15) is 0 Å². The van der Waals surface area contributed by atoms with Crippen LogP contribution in [0, 0.1) is 6.92 Å². The first-order chi connectivity index (χ1) is 11.1. The van der Waals surface area contributed by atoms with Gasteiger partial charge in [0.1, 0.15) is 0 Å². The minimum atomic E-state index is -0.618. The van der Waals surface area contributed by atoms with E-state index in [0.717, 1.165) is 11.1 Å². The van der Waals surface area contributed by atoms with Crippen molar-refractivity contribution >= 4 is 17.5 Å². The molecule has 0 radical (unpaired) electrons. The van der Waals surface area contributed by atoms with Crippen molar-refractivity contribution < 1.29 is 14.3 Å². The minimum Gasteiger partial charge on any atom is -0.478 e. The highest BCUT2D eigenvalue weighted by molar-refractivity contribution is 6.03. The molecule has 2 aromatic carbocycles. The second-order valence-corrected chi connectivity index (χ2v) is 5.54. The van der Waals surface area contributed by atoms with Crippen molar-refractivity contribution in [2.45, 2.75) is 26.5 Å². The number of amides is 2. The van der Waals surface area contributed by atoms with E-state index in [9.17, 15) is 9.59 Å². The van der Waals surface area contributed by atoms with Gasteiger partial charge in [-0.05, 0) is 37.1 Å². The summed E-state index contributed by atoms with van der Waals surface area (Å²) < 4.78 is 5.60. The molecule has 3 rings (SSSR count). The summed E-state index contributed by atoms with van der Waals surface area (Å²) in [6.07, 6.45) is -0.618. The van der Waals surface area contributed by atoms with Crippen LogP contribution in [-0.2, 0) is 11.3 Å². The zero-order chi connectivity index (χ0) is 16.4. The van der Waals surface area contributed by atoms with Crippen LogP contribution in [0.3, 0.4) is 0 Å². The van der Waals surface area contributed by atoms with Gasteiger partial charge in [0, 0.05) is 6.54 Å². The molecular weight excluding hydrogens is 292 g/mol. The lowest BCUT2D eigenvalue weighted by Gasteiger charge is -2.25. The molecule has 0 aromatic heterocycles. The maximum atomic E-state index is 12.5. The van der Waals surface area contributed by atoms with Crippen LogP contribution < -0.4 is 15.4 Å². The maximum Gasteiger partial charge on any atom is 0.265 e. The third-order valence-electron chi connectivity index (χ3n) is 3.88. The molecule has 118 valence electrons. The molecule has 1 atom stereocenters. The smallest absolute Gasteiger partial charge is 0.265 e. The quantitative estimate of drug-likeness (QED) is 0.916. The third kappa shape index (κ3) is 3.04. The Kier molecular flexibility index (Phi) is 4.02. The van der Waals surface area contributed by atoms with Crippen molar-refractivity contribution in [1.29, 1.82) is 0 Å². The second-order valence-electron chi connectivity index (χ2n) is 5.54. The lowest BCUT2D eigenvalue weighted by molar-refractivity contribution is -0.122. The van der Waals surface area contributed by atoms with Crippen molar-refractivity contribution in [3.8, 4) is 5.75 Å². The molecule has 0 saturated carbocycles. The summed E-state index contributed by atoms with van der Waals surface area (Å²) >= 11 is 0. The van der Waals surface area contributed by atoms with Crippen molar-refractivity contribution in [1.82, 2.24) is 5.32 Å². The summed E-state index contributed by atoms with van der Waals surface area (Å²) in [6, 6.07) is 13.0. The van der Waals surface area contributed by atoms with E-state index in [1.165, 1.54) is 0 Å². The predicted octanol–water partition coefficient (Wildman–Crippen LogP) is 2.64. The number of fused-ring (bicyclic) bond motifs is 1. The molecule has 1 aliphatic rings. The average Bonchev–Trinajstić information content (AvgIpc) is 2.54. The second kappa shape index (κ2) is 6.12. The van der Waals surface area contributed by atoms with Crippen LogP contribution >= 0.6 is 0 Å². The molecule has 5 heteroatoms. The van der Waals surface area contributed by atoms with E-state index in [1.807, 2.05) is 31.2 Å². The topological polar surface area (TPSA) is 67.4 Å². The molecule has 1 heterocycles. The monoisotopic (exact) mass is 310 g/mol. The molecule has 0 aliphatic carbocycles. The third-order valence-corrected chi connectivity index (χ3v) is 3.88. The number of aryl methyl sites for hydroxylation is 1. The van der Waals surface area contributed by atoms with Gasteiger partial charge in [-0.15, -0.1) is 0 Å². The largest absolute Gasteiger partial charge is 0.478 e. The molecule has 5 nitrogen and oxygen atoms in total. The van der Waals surface area contributed by atoms with Crippen LogP contribution in [0.15, 0.2) is 42.5 Å². The van der Waals surface area contributed by atoms with Gasteiger partial charge >= 0.3 is 0 Å². The van der Waals surface area contributed by atoms with Crippen molar-refractivity contribution in [2.24, 2.45) is 0 Å². The fourth-order valence-corrected chi connectivity index (χ4v) is 2.49. The molecule has 1 unspecified atom stereocenters. The van der Waals surface area contributed by atoms with E-state index >= 15 is 0 Å². The van der Waals surface area contributed by atoms with Crippen LogP contribution in [0.1, 0.15) is 28.4 Å². The summed E-state index contributed by atoms with van der Waals surface area (Å²) in [7, 11) is 0. The van der Waals surface area contributed by atoms with E-state index in [1.54, 1.807) is 25.1 Å². The first-order valence-corrected chi connectivity index (χ1v) is 7.49. The summed E-state index contributed by atoms with van der Waals surface area (Å²) in [4.78, 5) is 24.1. The maximum absolute atomic E-state index is 12.5. The van der Waals surface area contributed by atoms with Crippen LogP contribution in [0.4, 0.5) is 5.69 Å². The molecule has 2 aromatic rings. The van der Waals surface area contributed by atoms with Gasteiger partial charge in [0.15, 0.2) is 11.9 Å². The van der Waals surface area contributed by atoms with E-state index < -0.39 is 6.10 Å². The SMILES string of the molecule is Cc1ccccc1CNC(=O)c1cccc2c1OC(C)C(=O)N2. The number of para-hydroxylation sites is 1. The lowest BCUT2D eigenvalue weighted by atomic mass is 10.1. The lowest BCUT2D eigenvalue weighted by Crippen LogP contribution is -2.35. The number of anilines is 1. The number of ether oxygens (including phenoxy) is 1. The molecule has 0 spiro atoms. The van der Waals surface area contributed by atoms with E-state index in [-0.39, 0.29) is 11.8 Å². The van der Waals surface area contributed by atoms with Crippen molar-refractivity contribution in [2.75, 3.05) is 5.32 Å². The number of carbonyl (C=O) groups excluding carboxylic acids is 2. The highest BCUT2D eigenvalue weighted by Gasteiger charge is 2.27. The molecule has 1 aliphatic heterocycles. The molecule has 2 N–H and O–H groups in total. The molecule has 0 fully saturated rings. The highest BCUT2D eigenvalue weighted by atomic mass is 16.5. The van der Waals surface area contributed by atoms with Crippen LogP contribution in [-0.4, -0.2) is 17.9 Å². The van der Waals surface area contributed by atoms with E-state index in [2.05, 4.69) is 10.6 Å². The van der Waals surface area contributed by atoms with Crippen LogP contribution in [0.5, 0.6) is 5.75 Å². The van der Waals surface area contributed by atoms with Crippen molar-refractivity contribution in [3.05, 3.63) is 59.2 Å². The molecule has 0 bridgehead atoms. The Balaban J connectivity index is 1.80. The number of carbonyl (C=O) groups is 2. The van der Waals surface area contributed by atoms with Crippen molar-refractivity contribution in [3.63, 3.8) is 0 Å². The predicted molar refractivity (Wildman–Crippen MR) is 87.5 cm³/mol. The Morgan fingerprint density at radius 3 is 2.78 bits per heavy atom. The van der Waals surface area contributed by atoms with Gasteiger partial charge in [0.2, 0.25) is 0 Å². The minimum absolute atomic E-state index is 0.213. The average molecular weight is 310 g/mol. The summed E-state index contributed by atoms with van der Waals surface area (Å²) in [6.45, 7) is 4.10. The number of nitrogens with one attached hydrogen (secondary N) is 2. The van der Waals surface area contributed by atoms with Gasteiger partial charge in [-0.25, -0.2) is 0 Å². The van der Waals surface area contributed by atoms with Gasteiger partial charge in [0.05, 0.1) is 11.3 Å². The van der Waals surface area contributed by atoms with Gasteiger partial charge in [-0.1, -0.05) is 30.3 Å². The number of hydrogen-bond acceptors (Lipinski definition) is 3. The number of hydrogen-bond donors (Lipinski definition) is 2. The zero-order valence-electron chi connectivity index (χ0n) is 13.1. The normalized spacial score (nSPS) is 16.1. The van der Waals surface area contributed by atoms with Crippen LogP contribution in [0.25, 0.3) is 0 Å². The van der Waals surface area contributed by atoms with Gasteiger partial charge in [0.25, 0.3) is 11.8 Å². The summed E-state index contributed by atoms with van der Waals surface area (Å²) in [5.74, 6) is -0.0229. The van der Waals surface area contributed by atoms with Gasteiger partial charge in [-0.3, -0.25) is 9.59 Å². The Hall–Kier alpha value is -2.82. The fourth-order valence-electron chi connectivity index (χ4n) is 2.49. The number of rotatable bonds is 3. The van der Waals surface area contributed by atoms with E-state index in [0.29, 0.717) is 23.5 Å². The fraction of sp³-hybridized carbons (Fsp3) is 0.222. The Bertz CT molecular complexity index is 771. The highest BCUT2D eigenvalue weighted by Crippen LogP contribution is 2.33. The first kappa shape index (κ1) is 15.1. The Labute approximate surface area is 134 Å². The van der Waals surface area contributed by atoms with Crippen LogP contribution in [0.2, 0.25) is 0 Å². The summed E-state index contributed by atoms with van der Waals surface area (Å²) in [5, 5.41) is 5.64. The van der Waals surface area contributed by atoms with E-state index in [4.69, 9.17) is 4.74 Å². The summed E-state index contributed by atoms with van der Waals surface area (Å²) in [5.41, 5.74) is 3.13. The molecular formula is C18H18N2O3. The Morgan fingerprint density at radius 2 is 2.00 bits per heavy atom. The number of benzene rings is 2.